The molecule has 1 atom stereocenters. The zero-order chi connectivity index (χ0) is 11.3. The van der Waals surface area contributed by atoms with Crippen molar-refractivity contribution >= 4 is 5.95 Å². The summed E-state index contributed by atoms with van der Waals surface area (Å²) in [5.74, 6) is 1.65. The molecule has 3 heteroatoms. The molecular weight excluding hydrogens is 186 g/mol. The second-order valence-electron chi connectivity index (χ2n) is 4.35. The second kappa shape index (κ2) is 5.79. The van der Waals surface area contributed by atoms with Gasteiger partial charge in [-0.3, -0.25) is 0 Å². The number of aryl methyl sites for hydroxylation is 1. The Morgan fingerprint density at radius 2 is 2.13 bits per heavy atom. The lowest BCUT2D eigenvalue weighted by atomic mass is 10.0. The van der Waals surface area contributed by atoms with Crippen LogP contribution in [0, 0.1) is 5.92 Å². The first-order valence-electron chi connectivity index (χ1n) is 5.96. The molecule has 0 saturated carbocycles. The molecule has 1 N–H and O–H groups in total. The largest absolute Gasteiger partial charge is 0.353 e. The molecule has 1 aromatic rings. The molecule has 0 saturated heterocycles. The molecule has 3 nitrogen and oxygen atoms in total. The van der Waals surface area contributed by atoms with Crippen LogP contribution in [0.25, 0.3) is 0 Å². The smallest absolute Gasteiger partial charge is 0.202 e. The van der Waals surface area contributed by atoms with Crippen molar-refractivity contribution in [1.82, 2.24) is 9.55 Å². The highest BCUT2D eigenvalue weighted by Crippen LogP contribution is 2.13. The summed E-state index contributed by atoms with van der Waals surface area (Å²) in [7, 11) is 0. The summed E-state index contributed by atoms with van der Waals surface area (Å²) in [6.07, 6.45) is 6.18. The minimum atomic E-state index is 0.517. The van der Waals surface area contributed by atoms with Crippen LogP contribution in [0.2, 0.25) is 0 Å². The third-order valence-electron chi connectivity index (χ3n) is 2.74. The quantitative estimate of drug-likeness (QED) is 0.780. The van der Waals surface area contributed by atoms with Gasteiger partial charge in [-0.1, -0.05) is 27.7 Å². The van der Waals surface area contributed by atoms with Gasteiger partial charge in [0, 0.05) is 25.0 Å². The molecule has 0 bridgehead atoms. The van der Waals surface area contributed by atoms with E-state index in [1.807, 2.05) is 12.4 Å². The van der Waals surface area contributed by atoms with E-state index < -0.39 is 0 Å². The summed E-state index contributed by atoms with van der Waals surface area (Å²) in [5.41, 5.74) is 0. The van der Waals surface area contributed by atoms with E-state index in [0.29, 0.717) is 12.0 Å². The van der Waals surface area contributed by atoms with Gasteiger partial charge in [0.05, 0.1) is 0 Å². The van der Waals surface area contributed by atoms with E-state index in [2.05, 4.69) is 42.6 Å². The Morgan fingerprint density at radius 1 is 1.40 bits per heavy atom. The fourth-order valence-corrected chi connectivity index (χ4v) is 1.78. The summed E-state index contributed by atoms with van der Waals surface area (Å²) >= 11 is 0. The third kappa shape index (κ3) is 3.26. The monoisotopic (exact) mass is 209 g/mol. The van der Waals surface area contributed by atoms with Crippen LogP contribution in [-0.2, 0) is 6.54 Å². The lowest BCUT2D eigenvalue weighted by Gasteiger charge is -2.21. The maximum Gasteiger partial charge on any atom is 0.202 e. The maximum atomic E-state index is 4.36. The molecule has 0 aliphatic rings. The minimum absolute atomic E-state index is 0.517. The van der Waals surface area contributed by atoms with Crippen molar-refractivity contribution in [2.24, 2.45) is 5.92 Å². The van der Waals surface area contributed by atoms with Gasteiger partial charge < -0.3 is 9.88 Å². The lowest BCUT2D eigenvalue weighted by molar-refractivity contribution is 0.503. The summed E-state index contributed by atoms with van der Waals surface area (Å²) in [5, 5.41) is 3.51. The van der Waals surface area contributed by atoms with Crippen LogP contribution >= 0.6 is 0 Å². The number of imidazole rings is 1. The van der Waals surface area contributed by atoms with Gasteiger partial charge in [0.15, 0.2) is 0 Å². The Morgan fingerprint density at radius 3 is 2.67 bits per heavy atom. The molecule has 1 rings (SSSR count). The number of hydrogen-bond acceptors (Lipinski definition) is 2. The van der Waals surface area contributed by atoms with Crippen molar-refractivity contribution in [1.29, 1.82) is 0 Å². The molecule has 86 valence electrons. The number of aromatic nitrogens is 2. The Bertz CT molecular complexity index is 278. The van der Waals surface area contributed by atoms with Gasteiger partial charge in [0.2, 0.25) is 5.95 Å². The molecule has 1 unspecified atom stereocenters. The van der Waals surface area contributed by atoms with E-state index in [1.54, 1.807) is 0 Å². The first kappa shape index (κ1) is 12.1. The first-order valence-corrected chi connectivity index (χ1v) is 5.96. The van der Waals surface area contributed by atoms with Gasteiger partial charge >= 0.3 is 0 Å². The molecule has 1 aromatic heterocycles. The van der Waals surface area contributed by atoms with Gasteiger partial charge in [-0.05, 0) is 18.8 Å². The van der Waals surface area contributed by atoms with E-state index in [4.69, 9.17) is 0 Å². The van der Waals surface area contributed by atoms with Crippen LogP contribution in [0.3, 0.4) is 0 Å². The SMILES string of the molecule is CCCn1ccnc1NC(CC)C(C)C. The fraction of sp³-hybridized carbons (Fsp3) is 0.750. The molecule has 0 aromatic carbocycles. The van der Waals surface area contributed by atoms with E-state index in [1.165, 1.54) is 0 Å². The summed E-state index contributed by atoms with van der Waals surface area (Å²) < 4.78 is 2.19. The normalized spacial score (nSPS) is 13.1. The van der Waals surface area contributed by atoms with Crippen LogP contribution in [0.5, 0.6) is 0 Å². The number of nitrogens with zero attached hydrogens (tertiary/aromatic N) is 2. The van der Waals surface area contributed by atoms with Crippen molar-refractivity contribution in [3.8, 4) is 0 Å². The summed E-state index contributed by atoms with van der Waals surface area (Å²) in [6.45, 7) is 9.92. The molecule has 0 fully saturated rings. The Kier molecular flexibility index (Phi) is 4.66. The van der Waals surface area contributed by atoms with Crippen LogP contribution in [0.1, 0.15) is 40.5 Å². The second-order valence-corrected chi connectivity index (χ2v) is 4.35. The molecule has 0 aliphatic heterocycles. The average Bonchev–Trinajstić information content (AvgIpc) is 2.62. The van der Waals surface area contributed by atoms with Crippen molar-refractivity contribution in [2.45, 2.75) is 53.1 Å². The van der Waals surface area contributed by atoms with E-state index >= 15 is 0 Å². The van der Waals surface area contributed by atoms with Crippen molar-refractivity contribution in [3.05, 3.63) is 12.4 Å². The molecule has 15 heavy (non-hydrogen) atoms. The molecule has 1 heterocycles. The highest BCUT2D eigenvalue weighted by Gasteiger charge is 2.12. The Balaban J connectivity index is 2.65. The molecular formula is C12H23N3. The van der Waals surface area contributed by atoms with Gasteiger partial charge in [-0.2, -0.15) is 0 Å². The standard InChI is InChI=1S/C12H23N3/c1-5-8-15-9-7-13-12(15)14-11(6-2)10(3)4/h7,9-11H,5-6,8H2,1-4H3,(H,13,14). The minimum Gasteiger partial charge on any atom is -0.353 e. The van der Waals surface area contributed by atoms with Crippen molar-refractivity contribution < 1.29 is 0 Å². The van der Waals surface area contributed by atoms with Crippen molar-refractivity contribution in [3.63, 3.8) is 0 Å². The van der Waals surface area contributed by atoms with Gasteiger partial charge in [-0.25, -0.2) is 4.98 Å². The van der Waals surface area contributed by atoms with Crippen LogP contribution in [0.15, 0.2) is 12.4 Å². The molecule has 0 radical (unpaired) electrons. The van der Waals surface area contributed by atoms with Gasteiger partial charge in [0.1, 0.15) is 0 Å². The Hall–Kier alpha value is -0.990. The average molecular weight is 209 g/mol. The van der Waals surface area contributed by atoms with Gasteiger partial charge in [-0.15, -0.1) is 0 Å². The number of hydrogen-bond donors (Lipinski definition) is 1. The predicted octanol–water partition coefficient (Wildman–Crippen LogP) is 3.14. The van der Waals surface area contributed by atoms with Crippen LogP contribution < -0.4 is 5.32 Å². The molecule has 0 amide bonds. The molecule has 0 spiro atoms. The first-order chi connectivity index (χ1) is 7.19. The molecule has 0 aliphatic carbocycles. The highest BCUT2D eigenvalue weighted by molar-refractivity contribution is 5.27. The van der Waals surface area contributed by atoms with E-state index in [-0.39, 0.29) is 0 Å². The lowest BCUT2D eigenvalue weighted by Crippen LogP contribution is -2.26. The zero-order valence-electron chi connectivity index (χ0n) is 10.3. The van der Waals surface area contributed by atoms with Crippen LogP contribution in [-0.4, -0.2) is 15.6 Å². The summed E-state index contributed by atoms with van der Waals surface area (Å²) in [6, 6.07) is 0.517. The zero-order valence-corrected chi connectivity index (χ0v) is 10.3. The van der Waals surface area contributed by atoms with Gasteiger partial charge in [0.25, 0.3) is 0 Å². The predicted molar refractivity (Wildman–Crippen MR) is 65.1 cm³/mol. The van der Waals surface area contributed by atoms with Crippen LogP contribution in [0.4, 0.5) is 5.95 Å². The maximum absolute atomic E-state index is 4.36. The fourth-order valence-electron chi connectivity index (χ4n) is 1.78. The topological polar surface area (TPSA) is 29.9 Å². The van der Waals surface area contributed by atoms with E-state index in [9.17, 15) is 0 Å². The number of anilines is 1. The van der Waals surface area contributed by atoms with Crippen molar-refractivity contribution in [2.75, 3.05) is 5.32 Å². The summed E-state index contributed by atoms with van der Waals surface area (Å²) in [4.78, 5) is 4.36. The number of nitrogens with one attached hydrogen (secondary N) is 1. The highest BCUT2D eigenvalue weighted by atomic mass is 15.2. The third-order valence-corrected chi connectivity index (χ3v) is 2.74. The number of rotatable bonds is 6. The Labute approximate surface area is 92.9 Å². The van der Waals surface area contributed by atoms with E-state index in [0.717, 1.165) is 25.3 Å².